The average Bonchev–Trinajstić information content (AvgIpc) is 3.33. The molecule has 0 aromatic heterocycles. The number of ether oxygens (including phenoxy) is 1. The first-order valence-corrected chi connectivity index (χ1v) is 11.4. The SMILES string of the molecule is CCOC(=O)C(CCc1ccccc1)CN(CC)C(=O)[C@@]12CCC[C@@H]1CC(C(=O)O)N2. The summed E-state index contributed by atoms with van der Waals surface area (Å²) in [7, 11) is 0. The summed E-state index contributed by atoms with van der Waals surface area (Å²) in [5, 5.41) is 12.6. The molecule has 2 aliphatic rings. The van der Waals surface area contributed by atoms with Crippen LogP contribution in [0.2, 0.25) is 0 Å². The highest BCUT2D eigenvalue weighted by atomic mass is 16.5. The largest absolute Gasteiger partial charge is 0.480 e. The van der Waals surface area contributed by atoms with Crippen molar-refractivity contribution >= 4 is 17.8 Å². The molecule has 1 amide bonds. The lowest BCUT2D eigenvalue weighted by Gasteiger charge is -2.36. The molecule has 2 N–H and O–H groups in total. The second-order valence-corrected chi connectivity index (χ2v) is 8.65. The van der Waals surface area contributed by atoms with E-state index in [4.69, 9.17) is 4.74 Å². The van der Waals surface area contributed by atoms with Crippen LogP contribution in [0.3, 0.4) is 0 Å². The standard InChI is InChI=1S/C24H34N2O5/c1-3-26(23(30)24-14-8-11-19(24)15-20(25-24)21(27)28)16-18(22(29)31-4-2)13-12-17-9-6-5-7-10-17/h5-7,9-10,18-20,25H,3-4,8,11-16H2,1-2H3,(H,27,28)/t18?,19-,20?,24-/m1/s1. The minimum absolute atomic E-state index is 0.0283. The number of esters is 1. The molecule has 1 heterocycles. The van der Waals surface area contributed by atoms with Crippen LogP contribution in [0.15, 0.2) is 30.3 Å². The van der Waals surface area contributed by atoms with E-state index in [1.54, 1.807) is 11.8 Å². The van der Waals surface area contributed by atoms with Crippen molar-refractivity contribution < 1.29 is 24.2 Å². The van der Waals surface area contributed by atoms with E-state index in [9.17, 15) is 19.5 Å². The number of nitrogens with zero attached hydrogens (tertiary/aromatic N) is 1. The maximum absolute atomic E-state index is 13.7. The molecule has 1 aromatic carbocycles. The molecule has 170 valence electrons. The normalized spacial score (nSPS) is 25.6. The van der Waals surface area contributed by atoms with Crippen molar-refractivity contribution in [2.75, 3.05) is 19.7 Å². The molecule has 31 heavy (non-hydrogen) atoms. The number of aliphatic carboxylic acids is 1. The zero-order chi connectivity index (χ0) is 22.4. The molecular formula is C24H34N2O5. The van der Waals surface area contributed by atoms with E-state index >= 15 is 0 Å². The van der Waals surface area contributed by atoms with Crippen molar-refractivity contribution in [1.82, 2.24) is 10.2 Å². The molecule has 0 spiro atoms. The number of amides is 1. The highest BCUT2D eigenvalue weighted by molar-refractivity contribution is 5.90. The molecule has 1 aliphatic heterocycles. The van der Waals surface area contributed by atoms with Gasteiger partial charge < -0.3 is 14.7 Å². The van der Waals surface area contributed by atoms with Crippen molar-refractivity contribution in [3.8, 4) is 0 Å². The second kappa shape index (κ2) is 10.3. The van der Waals surface area contributed by atoms with Crippen LogP contribution >= 0.6 is 0 Å². The molecule has 2 fully saturated rings. The third-order valence-corrected chi connectivity index (χ3v) is 6.81. The Labute approximate surface area is 184 Å². The van der Waals surface area contributed by atoms with Gasteiger partial charge in [-0.25, -0.2) is 0 Å². The van der Waals surface area contributed by atoms with Gasteiger partial charge in [0.25, 0.3) is 0 Å². The number of carboxylic acids is 1. The Morgan fingerprint density at radius 3 is 2.65 bits per heavy atom. The van der Waals surface area contributed by atoms with Gasteiger partial charge in [0.05, 0.1) is 12.5 Å². The first-order valence-electron chi connectivity index (χ1n) is 11.4. The van der Waals surface area contributed by atoms with Gasteiger partial charge in [0.2, 0.25) is 5.91 Å². The lowest BCUT2D eigenvalue weighted by Crippen LogP contribution is -2.59. The predicted molar refractivity (Wildman–Crippen MR) is 116 cm³/mol. The predicted octanol–water partition coefficient (Wildman–Crippen LogP) is 2.63. The quantitative estimate of drug-likeness (QED) is 0.554. The van der Waals surface area contributed by atoms with E-state index in [-0.39, 0.29) is 24.3 Å². The highest BCUT2D eigenvalue weighted by Crippen LogP contribution is 2.45. The number of hydrogen-bond donors (Lipinski definition) is 2. The Morgan fingerprint density at radius 1 is 1.26 bits per heavy atom. The Bertz CT molecular complexity index is 783. The number of aryl methyl sites for hydroxylation is 1. The van der Waals surface area contributed by atoms with E-state index in [0.717, 1.165) is 24.8 Å². The molecule has 1 saturated carbocycles. The number of fused-ring (bicyclic) bond motifs is 1. The van der Waals surface area contributed by atoms with Gasteiger partial charge in [-0.15, -0.1) is 0 Å². The monoisotopic (exact) mass is 430 g/mol. The van der Waals surface area contributed by atoms with Gasteiger partial charge in [0.15, 0.2) is 0 Å². The summed E-state index contributed by atoms with van der Waals surface area (Å²) in [4.78, 5) is 39.6. The zero-order valence-electron chi connectivity index (χ0n) is 18.5. The molecule has 7 nitrogen and oxygen atoms in total. The number of benzene rings is 1. The van der Waals surface area contributed by atoms with Crippen LogP contribution in [-0.4, -0.2) is 59.1 Å². The maximum Gasteiger partial charge on any atom is 0.320 e. The van der Waals surface area contributed by atoms with Crippen LogP contribution in [0.5, 0.6) is 0 Å². The summed E-state index contributed by atoms with van der Waals surface area (Å²) in [6, 6.07) is 9.27. The summed E-state index contributed by atoms with van der Waals surface area (Å²) >= 11 is 0. The van der Waals surface area contributed by atoms with Crippen LogP contribution in [0.25, 0.3) is 0 Å². The number of nitrogens with one attached hydrogen (secondary N) is 1. The van der Waals surface area contributed by atoms with Gasteiger partial charge in [-0.1, -0.05) is 36.8 Å². The molecule has 3 rings (SSSR count). The highest BCUT2D eigenvalue weighted by Gasteiger charge is 2.57. The van der Waals surface area contributed by atoms with Gasteiger partial charge in [-0.3, -0.25) is 19.7 Å². The lowest BCUT2D eigenvalue weighted by molar-refractivity contribution is -0.150. The van der Waals surface area contributed by atoms with E-state index in [0.29, 0.717) is 32.4 Å². The van der Waals surface area contributed by atoms with Crippen molar-refractivity contribution in [3.05, 3.63) is 35.9 Å². The van der Waals surface area contributed by atoms with E-state index in [2.05, 4.69) is 5.32 Å². The number of carbonyl (C=O) groups excluding carboxylic acids is 2. The number of carboxylic acid groups (broad SMARTS) is 1. The zero-order valence-corrected chi connectivity index (χ0v) is 18.5. The van der Waals surface area contributed by atoms with Crippen molar-refractivity contribution in [3.63, 3.8) is 0 Å². The van der Waals surface area contributed by atoms with E-state index in [1.807, 2.05) is 37.3 Å². The Morgan fingerprint density at radius 2 is 2.00 bits per heavy atom. The average molecular weight is 431 g/mol. The molecule has 4 atom stereocenters. The van der Waals surface area contributed by atoms with Gasteiger partial charge in [-0.05, 0) is 57.4 Å². The third-order valence-electron chi connectivity index (χ3n) is 6.81. The van der Waals surface area contributed by atoms with Crippen LogP contribution in [0, 0.1) is 11.8 Å². The first-order chi connectivity index (χ1) is 14.9. The fourth-order valence-corrected chi connectivity index (χ4v) is 5.18. The first kappa shape index (κ1) is 23.3. The van der Waals surface area contributed by atoms with Gasteiger partial charge >= 0.3 is 11.9 Å². The number of likely N-dealkylation sites (N-methyl/N-ethyl adjacent to an activating group) is 1. The van der Waals surface area contributed by atoms with Crippen molar-refractivity contribution in [2.45, 2.75) is 64.0 Å². The van der Waals surface area contributed by atoms with E-state index < -0.39 is 23.5 Å². The molecule has 1 saturated heterocycles. The summed E-state index contributed by atoms with van der Waals surface area (Å²) in [6.07, 6.45) is 4.20. The smallest absolute Gasteiger partial charge is 0.320 e. The maximum atomic E-state index is 13.7. The number of hydrogen-bond acceptors (Lipinski definition) is 5. The van der Waals surface area contributed by atoms with Crippen molar-refractivity contribution in [1.29, 1.82) is 0 Å². The molecule has 1 aliphatic carbocycles. The summed E-state index contributed by atoms with van der Waals surface area (Å²) < 4.78 is 5.31. The van der Waals surface area contributed by atoms with Gasteiger partial charge in [-0.2, -0.15) is 0 Å². The third kappa shape index (κ3) is 5.09. The Balaban J connectivity index is 1.74. The molecule has 0 radical (unpaired) electrons. The minimum Gasteiger partial charge on any atom is -0.480 e. The van der Waals surface area contributed by atoms with Crippen molar-refractivity contribution in [2.24, 2.45) is 11.8 Å². The fourth-order valence-electron chi connectivity index (χ4n) is 5.18. The van der Waals surface area contributed by atoms with Crippen LogP contribution in [-0.2, 0) is 25.5 Å². The lowest BCUT2D eigenvalue weighted by atomic mass is 9.86. The van der Waals surface area contributed by atoms with Crippen LogP contribution < -0.4 is 5.32 Å². The van der Waals surface area contributed by atoms with Crippen LogP contribution in [0.4, 0.5) is 0 Å². The molecular weight excluding hydrogens is 396 g/mol. The molecule has 2 unspecified atom stereocenters. The van der Waals surface area contributed by atoms with Gasteiger partial charge in [0, 0.05) is 13.1 Å². The Hall–Kier alpha value is -2.41. The number of rotatable bonds is 10. The minimum atomic E-state index is -0.906. The van der Waals surface area contributed by atoms with E-state index in [1.165, 1.54) is 0 Å². The fraction of sp³-hybridized carbons (Fsp3) is 0.625. The molecule has 1 aromatic rings. The molecule has 7 heteroatoms. The summed E-state index contributed by atoms with van der Waals surface area (Å²) in [6.45, 7) is 4.74. The van der Waals surface area contributed by atoms with Crippen LogP contribution in [0.1, 0.15) is 51.5 Å². The topological polar surface area (TPSA) is 95.9 Å². The number of carbonyl (C=O) groups is 3. The summed E-state index contributed by atoms with van der Waals surface area (Å²) in [5.41, 5.74) is 0.319. The molecule has 0 bridgehead atoms. The summed E-state index contributed by atoms with van der Waals surface area (Å²) in [5.74, 6) is -1.66. The second-order valence-electron chi connectivity index (χ2n) is 8.65. The Kier molecular flexibility index (Phi) is 7.70. The van der Waals surface area contributed by atoms with Gasteiger partial charge in [0.1, 0.15) is 11.6 Å².